The lowest BCUT2D eigenvalue weighted by Gasteiger charge is -2.18. The van der Waals surface area contributed by atoms with Crippen molar-refractivity contribution in [2.45, 2.75) is 13.5 Å². The van der Waals surface area contributed by atoms with E-state index in [0.717, 1.165) is 5.56 Å². The molecule has 0 bridgehead atoms. The van der Waals surface area contributed by atoms with Gasteiger partial charge in [0.15, 0.2) is 0 Å². The van der Waals surface area contributed by atoms with Crippen molar-refractivity contribution < 1.29 is 9.18 Å². The van der Waals surface area contributed by atoms with Crippen LogP contribution in [0.25, 0.3) is 0 Å². The molecule has 1 amide bonds. The second-order valence-corrected chi connectivity index (χ2v) is 4.99. The zero-order valence-corrected chi connectivity index (χ0v) is 11.9. The highest BCUT2D eigenvalue weighted by Gasteiger charge is 2.13. The maximum absolute atomic E-state index is 13.4. The van der Waals surface area contributed by atoms with Gasteiger partial charge in [-0.3, -0.25) is 4.79 Å². The van der Waals surface area contributed by atoms with Crippen LogP contribution in [-0.4, -0.2) is 17.9 Å². The van der Waals surface area contributed by atoms with Gasteiger partial charge in [0, 0.05) is 19.2 Å². The van der Waals surface area contributed by atoms with E-state index >= 15 is 0 Å². The summed E-state index contributed by atoms with van der Waals surface area (Å²) in [6.07, 6.45) is 0. The summed E-state index contributed by atoms with van der Waals surface area (Å²) in [6.45, 7) is 2.11. The smallest absolute Gasteiger partial charge is 0.254 e. The van der Waals surface area contributed by atoms with Crippen LogP contribution in [0.15, 0.2) is 42.5 Å². The van der Waals surface area contributed by atoms with E-state index in [2.05, 4.69) is 6.07 Å². The second-order valence-electron chi connectivity index (χ2n) is 4.99. The van der Waals surface area contributed by atoms with Crippen LogP contribution < -0.4 is 0 Å². The van der Waals surface area contributed by atoms with Gasteiger partial charge in [-0.1, -0.05) is 12.1 Å². The molecular weight excluding hydrogens is 267 g/mol. The maximum Gasteiger partial charge on any atom is 0.254 e. The number of carbonyl (C=O) groups is 1. The molecule has 0 atom stereocenters. The summed E-state index contributed by atoms with van der Waals surface area (Å²) in [4.78, 5) is 13.8. The van der Waals surface area contributed by atoms with E-state index in [1.165, 1.54) is 17.0 Å². The van der Waals surface area contributed by atoms with E-state index in [1.54, 1.807) is 38.2 Å². The lowest BCUT2D eigenvalue weighted by atomic mass is 10.1. The Kier molecular flexibility index (Phi) is 4.34. The molecular formula is C17H15FN2O. The number of nitriles is 1. The third-order valence-electron chi connectivity index (χ3n) is 3.11. The molecule has 0 unspecified atom stereocenters. The van der Waals surface area contributed by atoms with E-state index < -0.39 is 5.82 Å². The van der Waals surface area contributed by atoms with E-state index in [-0.39, 0.29) is 5.91 Å². The number of hydrogen-bond acceptors (Lipinski definition) is 2. The molecule has 0 spiro atoms. The number of benzene rings is 2. The van der Waals surface area contributed by atoms with Crippen LogP contribution in [0.2, 0.25) is 0 Å². The van der Waals surface area contributed by atoms with Crippen LogP contribution in [-0.2, 0) is 6.54 Å². The fourth-order valence-electron chi connectivity index (χ4n) is 2.17. The molecule has 106 valence electrons. The van der Waals surface area contributed by atoms with Gasteiger partial charge in [-0.2, -0.15) is 5.26 Å². The number of amides is 1. The SMILES string of the molecule is Cc1cc(F)cc(C(=O)N(C)Cc2cccc(C#N)c2)c1. The number of aryl methyl sites for hydroxylation is 1. The third-order valence-corrected chi connectivity index (χ3v) is 3.11. The van der Waals surface area contributed by atoms with E-state index in [9.17, 15) is 9.18 Å². The Bertz CT molecular complexity index is 699. The zero-order valence-electron chi connectivity index (χ0n) is 11.9. The predicted octanol–water partition coefficient (Wildman–Crippen LogP) is 3.28. The molecule has 0 N–H and O–H groups in total. The maximum atomic E-state index is 13.4. The van der Waals surface area contributed by atoms with Gasteiger partial charge in [-0.25, -0.2) is 4.39 Å². The van der Waals surface area contributed by atoms with E-state index in [0.29, 0.717) is 23.2 Å². The summed E-state index contributed by atoms with van der Waals surface area (Å²) < 4.78 is 13.4. The number of halogens is 1. The zero-order chi connectivity index (χ0) is 15.4. The van der Waals surface area contributed by atoms with Crippen LogP contribution in [0.3, 0.4) is 0 Å². The topological polar surface area (TPSA) is 44.1 Å². The summed E-state index contributed by atoms with van der Waals surface area (Å²) in [5, 5.41) is 8.87. The molecule has 0 aliphatic rings. The lowest BCUT2D eigenvalue weighted by Crippen LogP contribution is -2.26. The summed E-state index contributed by atoms with van der Waals surface area (Å²) in [7, 11) is 1.65. The fourth-order valence-corrected chi connectivity index (χ4v) is 2.17. The van der Waals surface area contributed by atoms with Crippen LogP contribution in [0.4, 0.5) is 4.39 Å². The number of carbonyl (C=O) groups excluding carboxylic acids is 1. The summed E-state index contributed by atoms with van der Waals surface area (Å²) in [5.74, 6) is -0.668. The fraction of sp³-hybridized carbons (Fsp3) is 0.176. The first-order chi connectivity index (χ1) is 9.99. The Hall–Kier alpha value is -2.67. The van der Waals surface area contributed by atoms with Gasteiger partial charge < -0.3 is 4.90 Å². The van der Waals surface area contributed by atoms with Crippen molar-refractivity contribution in [3.05, 3.63) is 70.5 Å². The standard InChI is InChI=1S/C17H15FN2O/c1-12-6-15(9-16(18)7-12)17(21)20(2)11-14-5-3-4-13(8-14)10-19/h3-9H,11H2,1-2H3. The second kappa shape index (κ2) is 6.19. The minimum atomic E-state index is -0.418. The first-order valence-corrected chi connectivity index (χ1v) is 6.51. The van der Waals surface area contributed by atoms with Crippen molar-refractivity contribution in [2.24, 2.45) is 0 Å². The first-order valence-electron chi connectivity index (χ1n) is 6.51. The first kappa shape index (κ1) is 14.7. The van der Waals surface area contributed by atoms with Gasteiger partial charge >= 0.3 is 0 Å². The van der Waals surface area contributed by atoms with Crippen molar-refractivity contribution in [3.63, 3.8) is 0 Å². The van der Waals surface area contributed by atoms with Crippen molar-refractivity contribution in [2.75, 3.05) is 7.05 Å². The molecule has 2 aromatic carbocycles. The molecule has 4 heteroatoms. The van der Waals surface area contributed by atoms with Crippen LogP contribution in [0.1, 0.15) is 27.0 Å². The van der Waals surface area contributed by atoms with Gasteiger partial charge in [-0.05, 0) is 48.4 Å². The highest BCUT2D eigenvalue weighted by atomic mass is 19.1. The van der Waals surface area contributed by atoms with Crippen molar-refractivity contribution in [3.8, 4) is 6.07 Å². The molecule has 2 rings (SSSR count). The highest BCUT2D eigenvalue weighted by Crippen LogP contribution is 2.13. The Morgan fingerprint density at radius 3 is 2.71 bits per heavy atom. The number of hydrogen-bond donors (Lipinski definition) is 0. The predicted molar refractivity (Wildman–Crippen MR) is 78.1 cm³/mol. The van der Waals surface area contributed by atoms with Crippen molar-refractivity contribution >= 4 is 5.91 Å². The lowest BCUT2D eigenvalue weighted by molar-refractivity contribution is 0.0784. The monoisotopic (exact) mass is 282 g/mol. The van der Waals surface area contributed by atoms with Gasteiger partial charge in [0.1, 0.15) is 5.82 Å². The summed E-state index contributed by atoms with van der Waals surface area (Å²) in [5.41, 5.74) is 2.44. The van der Waals surface area contributed by atoms with E-state index in [4.69, 9.17) is 5.26 Å². The summed E-state index contributed by atoms with van der Waals surface area (Å²) >= 11 is 0. The molecule has 21 heavy (non-hydrogen) atoms. The van der Waals surface area contributed by atoms with Crippen molar-refractivity contribution in [1.82, 2.24) is 4.90 Å². The number of rotatable bonds is 3. The largest absolute Gasteiger partial charge is 0.337 e. The summed E-state index contributed by atoms with van der Waals surface area (Å²) in [6, 6.07) is 13.4. The van der Waals surface area contributed by atoms with Crippen LogP contribution in [0.5, 0.6) is 0 Å². The van der Waals surface area contributed by atoms with Gasteiger partial charge in [0.05, 0.1) is 11.6 Å². The number of nitrogens with zero attached hydrogens (tertiary/aromatic N) is 2. The molecule has 3 nitrogen and oxygen atoms in total. The quantitative estimate of drug-likeness (QED) is 0.867. The van der Waals surface area contributed by atoms with Gasteiger partial charge in [-0.15, -0.1) is 0 Å². The molecule has 0 saturated carbocycles. The Labute approximate surface area is 123 Å². The van der Waals surface area contributed by atoms with E-state index in [1.807, 2.05) is 6.07 Å². The van der Waals surface area contributed by atoms with Crippen LogP contribution >= 0.6 is 0 Å². The van der Waals surface area contributed by atoms with Gasteiger partial charge in [0.25, 0.3) is 5.91 Å². The Morgan fingerprint density at radius 2 is 2.05 bits per heavy atom. The highest BCUT2D eigenvalue weighted by molar-refractivity contribution is 5.94. The molecule has 2 aromatic rings. The minimum Gasteiger partial charge on any atom is -0.337 e. The third kappa shape index (κ3) is 3.67. The normalized spacial score (nSPS) is 10.0. The molecule has 0 aliphatic heterocycles. The molecule has 0 fully saturated rings. The molecule has 0 aliphatic carbocycles. The van der Waals surface area contributed by atoms with Crippen molar-refractivity contribution in [1.29, 1.82) is 5.26 Å². The van der Waals surface area contributed by atoms with Crippen LogP contribution in [0, 0.1) is 24.1 Å². The molecule has 0 heterocycles. The molecule has 0 radical (unpaired) electrons. The molecule has 0 aromatic heterocycles. The molecule has 0 saturated heterocycles. The minimum absolute atomic E-state index is 0.250. The Morgan fingerprint density at radius 1 is 1.29 bits per heavy atom. The Balaban J connectivity index is 2.17. The average molecular weight is 282 g/mol. The van der Waals surface area contributed by atoms with Gasteiger partial charge in [0.2, 0.25) is 0 Å². The average Bonchev–Trinajstić information content (AvgIpc) is 2.45.